The quantitative estimate of drug-likeness (QED) is 0.822. The van der Waals surface area contributed by atoms with Gasteiger partial charge in [-0.2, -0.15) is 0 Å². The second-order valence-corrected chi connectivity index (χ2v) is 3.59. The first-order valence-electron chi connectivity index (χ1n) is 4.53. The molecule has 0 amide bonds. The molecular formula is C11H15Cl2NO2. The Bertz CT molecular complexity index is 369. The van der Waals surface area contributed by atoms with E-state index in [1.54, 1.807) is 18.2 Å². The normalized spacial score (nSPS) is 11.4. The van der Waals surface area contributed by atoms with Crippen molar-refractivity contribution in [1.82, 2.24) is 0 Å². The first-order valence-corrected chi connectivity index (χ1v) is 4.90. The van der Waals surface area contributed by atoms with E-state index >= 15 is 0 Å². The first kappa shape index (κ1) is 15.1. The summed E-state index contributed by atoms with van der Waals surface area (Å²) >= 11 is 5.83. The summed E-state index contributed by atoms with van der Waals surface area (Å²) in [5, 5.41) is 9.76. The zero-order valence-corrected chi connectivity index (χ0v) is 10.5. The standard InChI is InChI=1S/C11H14ClNO2.ClH/c1-3-4-9(13)7-5-8(12)11(14)10(6-7)15-2;/h3,5-6,9,14H,1,4,13H2,2H3;1H/t9-;/m1./s1. The van der Waals surface area contributed by atoms with Gasteiger partial charge in [0.05, 0.1) is 12.1 Å². The number of benzene rings is 1. The van der Waals surface area contributed by atoms with E-state index in [2.05, 4.69) is 6.58 Å². The predicted molar refractivity (Wildman–Crippen MR) is 68.7 cm³/mol. The lowest BCUT2D eigenvalue weighted by Crippen LogP contribution is -2.09. The van der Waals surface area contributed by atoms with E-state index in [1.807, 2.05) is 0 Å². The average molecular weight is 264 g/mol. The summed E-state index contributed by atoms with van der Waals surface area (Å²) in [6.07, 6.45) is 2.38. The average Bonchev–Trinajstić information content (AvgIpc) is 2.22. The number of methoxy groups -OCH3 is 1. The molecule has 0 bridgehead atoms. The second-order valence-electron chi connectivity index (χ2n) is 3.18. The Balaban J connectivity index is 0.00000225. The summed E-state index contributed by atoms with van der Waals surface area (Å²) < 4.78 is 4.98. The molecule has 16 heavy (non-hydrogen) atoms. The lowest BCUT2D eigenvalue weighted by molar-refractivity contribution is 0.372. The van der Waals surface area contributed by atoms with E-state index in [4.69, 9.17) is 22.1 Å². The van der Waals surface area contributed by atoms with Crippen molar-refractivity contribution in [3.63, 3.8) is 0 Å². The summed E-state index contributed by atoms with van der Waals surface area (Å²) in [4.78, 5) is 0. The monoisotopic (exact) mass is 263 g/mol. The Hall–Kier alpha value is -0.900. The highest BCUT2D eigenvalue weighted by Gasteiger charge is 2.12. The maximum Gasteiger partial charge on any atom is 0.176 e. The van der Waals surface area contributed by atoms with Crippen molar-refractivity contribution < 1.29 is 9.84 Å². The molecule has 0 radical (unpaired) electrons. The molecule has 1 rings (SSSR count). The van der Waals surface area contributed by atoms with Crippen LogP contribution in [0.4, 0.5) is 0 Å². The SMILES string of the molecule is C=CC[C@@H](N)c1cc(Cl)c(O)c(OC)c1.Cl. The highest BCUT2D eigenvalue weighted by Crippen LogP contribution is 2.36. The number of phenolic OH excluding ortho intramolecular Hbond substituents is 1. The van der Waals surface area contributed by atoms with Crippen LogP contribution < -0.4 is 10.5 Å². The maximum absolute atomic E-state index is 9.52. The summed E-state index contributed by atoms with van der Waals surface area (Å²) in [7, 11) is 1.47. The van der Waals surface area contributed by atoms with Gasteiger partial charge in [0.1, 0.15) is 0 Å². The Morgan fingerprint density at radius 3 is 2.75 bits per heavy atom. The van der Waals surface area contributed by atoms with E-state index in [-0.39, 0.29) is 29.2 Å². The molecule has 0 fully saturated rings. The van der Waals surface area contributed by atoms with Crippen LogP contribution in [0.25, 0.3) is 0 Å². The molecule has 1 aromatic rings. The van der Waals surface area contributed by atoms with Crippen molar-refractivity contribution in [2.45, 2.75) is 12.5 Å². The van der Waals surface area contributed by atoms with E-state index in [0.29, 0.717) is 12.2 Å². The molecule has 3 nitrogen and oxygen atoms in total. The molecule has 90 valence electrons. The van der Waals surface area contributed by atoms with Gasteiger partial charge in [0.15, 0.2) is 11.5 Å². The largest absolute Gasteiger partial charge is 0.503 e. The van der Waals surface area contributed by atoms with Crippen LogP contribution in [0.5, 0.6) is 11.5 Å². The molecule has 1 aromatic carbocycles. The number of hydrogen-bond donors (Lipinski definition) is 2. The van der Waals surface area contributed by atoms with Crippen LogP contribution in [0, 0.1) is 0 Å². The van der Waals surface area contributed by atoms with E-state index in [0.717, 1.165) is 5.56 Å². The van der Waals surface area contributed by atoms with E-state index in [9.17, 15) is 5.11 Å². The smallest absolute Gasteiger partial charge is 0.176 e. The Morgan fingerprint density at radius 1 is 1.62 bits per heavy atom. The summed E-state index contributed by atoms with van der Waals surface area (Å²) in [5.74, 6) is 0.269. The predicted octanol–water partition coefficient (Wildman–Crippen LogP) is 3.05. The number of aromatic hydroxyl groups is 1. The van der Waals surface area contributed by atoms with Crippen LogP contribution in [0.3, 0.4) is 0 Å². The topological polar surface area (TPSA) is 55.5 Å². The number of phenols is 1. The van der Waals surface area contributed by atoms with Gasteiger partial charge < -0.3 is 15.6 Å². The van der Waals surface area contributed by atoms with Crippen LogP contribution >= 0.6 is 24.0 Å². The molecular weight excluding hydrogens is 249 g/mol. The van der Waals surface area contributed by atoms with Crippen LogP contribution in [-0.2, 0) is 0 Å². The van der Waals surface area contributed by atoms with Gasteiger partial charge in [0.25, 0.3) is 0 Å². The fraction of sp³-hybridized carbons (Fsp3) is 0.273. The van der Waals surface area contributed by atoms with Crippen molar-refractivity contribution in [3.8, 4) is 11.5 Å². The van der Waals surface area contributed by atoms with Gasteiger partial charge in [0, 0.05) is 6.04 Å². The molecule has 3 N–H and O–H groups in total. The Kier molecular flexibility index (Phi) is 6.26. The van der Waals surface area contributed by atoms with Crippen molar-refractivity contribution in [2.75, 3.05) is 7.11 Å². The van der Waals surface area contributed by atoms with Crippen molar-refractivity contribution in [1.29, 1.82) is 0 Å². The van der Waals surface area contributed by atoms with Gasteiger partial charge in [-0.05, 0) is 24.1 Å². The molecule has 5 heteroatoms. The number of halogens is 2. The van der Waals surface area contributed by atoms with Crippen LogP contribution in [0.2, 0.25) is 5.02 Å². The minimum Gasteiger partial charge on any atom is -0.503 e. The summed E-state index contributed by atoms with van der Waals surface area (Å²) in [6.45, 7) is 3.62. The third kappa shape index (κ3) is 3.30. The van der Waals surface area contributed by atoms with Gasteiger partial charge in [-0.15, -0.1) is 19.0 Å². The van der Waals surface area contributed by atoms with Gasteiger partial charge in [-0.3, -0.25) is 0 Å². The second kappa shape index (κ2) is 6.63. The first-order chi connectivity index (χ1) is 7.10. The lowest BCUT2D eigenvalue weighted by Gasteiger charge is -2.13. The zero-order valence-electron chi connectivity index (χ0n) is 8.94. The van der Waals surface area contributed by atoms with E-state index < -0.39 is 0 Å². The highest BCUT2D eigenvalue weighted by atomic mass is 35.5. The summed E-state index contributed by atoms with van der Waals surface area (Å²) in [6, 6.07) is 3.12. The molecule has 0 saturated heterocycles. The Labute approximate surface area is 106 Å². The van der Waals surface area contributed by atoms with Crippen molar-refractivity contribution in [2.24, 2.45) is 5.73 Å². The van der Waals surface area contributed by atoms with Crippen LogP contribution in [-0.4, -0.2) is 12.2 Å². The van der Waals surface area contributed by atoms with Gasteiger partial charge in [-0.1, -0.05) is 17.7 Å². The highest BCUT2D eigenvalue weighted by molar-refractivity contribution is 6.32. The van der Waals surface area contributed by atoms with Gasteiger partial charge >= 0.3 is 0 Å². The molecule has 0 spiro atoms. The number of ether oxygens (including phenoxy) is 1. The molecule has 0 aliphatic rings. The molecule has 1 atom stereocenters. The van der Waals surface area contributed by atoms with Gasteiger partial charge in [-0.25, -0.2) is 0 Å². The fourth-order valence-electron chi connectivity index (χ4n) is 1.28. The molecule has 0 aliphatic heterocycles. The number of nitrogens with two attached hydrogens (primary N) is 1. The molecule has 0 aromatic heterocycles. The van der Waals surface area contributed by atoms with E-state index in [1.165, 1.54) is 7.11 Å². The minimum absolute atomic E-state index is 0. The van der Waals surface area contributed by atoms with Crippen LogP contribution in [0.1, 0.15) is 18.0 Å². The maximum atomic E-state index is 9.52. The fourth-order valence-corrected chi connectivity index (χ4v) is 1.50. The third-order valence-corrected chi connectivity index (χ3v) is 2.41. The summed E-state index contributed by atoms with van der Waals surface area (Å²) in [5.41, 5.74) is 6.70. The number of rotatable bonds is 4. The zero-order chi connectivity index (χ0) is 11.4. The van der Waals surface area contributed by atoms with Gasteiger partial charge in [0.2, 0.25) is 0 Å². The lowest BCUT2D eigenvalue weighted by atomic mass is 10.0. The third-order valence-electron chi connectivity index (χ3n) is 2.12. The molecule has 0 unspecified atom stereocenters. The van der Waals surface area contributed by atoms with Crippen molar-refractivity contribution >= 4 is 24.0 Å². The minimum atomic E-state index is -0.186. The number of hydrogen-bond acceptors (Lipinski definition) is 3. The van der Waals surface area contributed by atoms with Crippen molar-refractivity contribution in [3.05, 3.63) is 35.4 Å². The Morgan fingerprint density at radius 2 is 2.25 bits per heavy atom. The molecule has 0 saturated carbocycles. The van der Waals surface area contributed by atoms with Crippen LogP contribution in [0.15, 0.2) is 24.8 Å². The molecule has 0 heterocycles. The molecule has 0 aliphatic carbocycles.